The molecule has 72 valence electrons. The molecule has 1 unspecified atom stereocenters. The maximum atomic E-state index is 5.96. The van der Waals surface area contributed by atoms with E-state index in [1.165, 1.54) is 5.57 Å². The quantitative estimate of drug-likeness (QED) is 0.722. The van der Waals surface area contributed by atoms with Crippen molar-refractivity contribution in [3.63, 3.8) is 0 Å². The molecule has 0 radical (unpaired) electrons. The van der Waals surface area contributed by atoms with E-state index in [1.807, 2.05) is 13.0 Å². The second-order valence-electron chi connectivity index (χ2n) is 3.40. The molecule has 1 aromatic heterocycles. The Morgan fingerprint density at radius 2 is 2.38 bits per heavy atom. The Bertz CT molecular complexity index is 288. The van der Waals surface area contributed by atoms with Gasteiger partial charge in [-0.1, -0.05) is 19.1 Å². The topological polar surface area (TPSA) is 39.2 Å². The predicted octanol–water partition coefficient (Wildman–Crippen LogP) is 2.94. The average molecular weight is 179 g/mol. The van der Waals surface area contributed by atoms with Gasteiger partial charge in [0, 0.05) is 11.6 Å². The molecule has 1 atom stereocenters. The van der Waals surface area contributed by atoms with E-state index in [-0.39, 0.29) is 6.04 Å². The zero-order chi connectivity index (χ0) is 9.84. The Morgan fingerprint density at radius 3 is 2.85 bits per heavy atom. The van der Waals surface area contributed by atoms with E-state index in [4.69, 9.17) is 10.2 Å². The standard InChI is InChI=1S/C11H17NO/c1-4-8(2)5-11(12)10-6-9(3)13-7-10/h6-7,11H,2,4-5,12H2,1,3H3. The normalized spacial score (nSPS) is 12.8. The van der Waals surface area contributed by atoms with Gasteiger partial charge in [0.1, 0.15) is 5.76 Å². The summed E-state index contributed by atoms with van der Waals surface area (Å²) < 4.78 is 5.19. The molecule has 0 fully saturated rings. The lowest BCUT2D eigenvalue weighted by atomic mass is 10.0. The molecule has 0 aromatic carbocycles. The van der Waals surface area contributed by atoms with Crippen LogP contribution in [0.1, 0.15) is 37.1 Å². The molecule has 0 saturated carbocycles. The fourth-order valence-corrected chi connectivity index (χ4v) is 1.23. The second-order valence-corrected chi connectivity index (χ2v) is 3.40. The van der Waals surface area contributed by atoms with Gasteiger partial charge < -0.3 is 10.2 Å². The molecule has 0 bridgehead atoms. The minimum absolute atomic E-state index is 0.0323. The lowest BCUT2D eigenvalue weighted by Crippen LogP contribution is -2.09. The summed E-state index contributed by atoms with van der Waals surface area (Å²) in [6.07, 6.45) is 3.56. The van der Waals surface area contributed by atoms with E-state index < -0.39 is 0 Å². The molecular formula is C11H17NO. The van der Waals surface area contributed by atoms with Crippen molar-refractivity contribution in [1.82, 2.24) is 0 Å². The number of aryl methyl sites for hydroxylation is 1. The molecule has 1 heterocycles. The summed E-state index contributed by atoms with van der Waals surface area (Å²) in [5.74, 6) is 0.910. The molecule has 2 N–H and O–H groups in total. The number of nitrogens with two attached hydrogens (primary N) is 1. The van der Waals surface area contributed by atoms with Crippen molar-refractivity contribution in [3.05, 3.63) is 35.8 Å². The predicted molar refractivity (Wildman–Crippen MR) is 54.4 cm³/mol. The number of hydrogen-bond acceptors (Lipinski definition) is 2. The Hall–Kier alpha value is -1.02. The smallest absolute Gasteiger partial charge is 0.101 e. The van der Waals surface area contributed by atoms with Crippen molar-refractivity contribution in [2.24, 2.45) is 5.73 Å². The lowest BCUT2D eigenvalue weighted by Gasteiger charge is -2.09. The van der Waals surface area contributed by atoms with Crippen LogP contribution in [0.4, 0.5) is 0 Å². The van der Waals surface area contributed by atoms with Crippen molar-refractivity contribution >= 4 is 0 Å². The summed E-state index contributed by atoms with van der Waals surface area (Å²) >= 11 is 0. The number of furan rings is 1. The summed E-state index contributed by atoms with van der Waals surface area (Å²) in [6.45, 7) is 7.95. The van der Waals surface area contributed by atoms with Crippen molar-refractivity contribution in [2.75, 3.05) is 0 Å². The molecule has 0 amide bonds. The van der Waals surface area contributed by atoms with Gasteiger partial charge in [-0.3, -0.25) is 0 Å². The zero-order valence-corrected chi connectivity index (χ0v) is 8.34. The highest BCUT2D eigenvalue weighted by molar-refractivity contribution is 5.17. The van der Waals surface area contributed by atoms with Gasteiger partial charge in [0.15, 0.2) is 0 Å². The molecule has 0 saturated heterocycles. The largest absolute Gasteiger partial charge is 0.469 e. The first-order valence-electron chi connectivity index (χ1n) is 4.60. The maximum absolute atomic E-state index is 5.96. The highest BCUT2D eigenvalue weighted by Gasteiger charge is 2.09. The molecule has 0 aliphatic rings. The summed E-state index contributed by atoms with van der Waals surface area (Å²) in [4.78, 5) is 0. The Kier molecular flexibility index (Phi) is 3.32. The number of rotatable bonds is 4. The second kappa shape index (κ2) is 4.28. The molecule has 0 spiro atoms. The monoisotopic (exact) mass is 179 g/mol. The number of hydrogen-bond donors (Lipinski definition) is 1. The van der Waals surface area contributed by atoms with E-state index in [2.05, 4.69) is 13.5 Å². The maximum Gasteiger partial charge on any atom is 0.101 e. The van der Waals surface area contributed by atoms with E-state index in [1.54, 1.807) is 6.26 Å². The first-order valence-corrected chi connectivity index (χ1v) is 4.60. The highest BCUT2D eigenvalue weighted by atomic mass is 16.3. The average Bonchev–Trinajstić information content (AvgIpc) is 2.51. The minimum Gasteiger partial charge on any atom is -0.469 e. The molecule has 2 nitrogen and oxygen atoms in total. The van der Waals surface area contributed by atoms with Crippen LogP contribution in [-0.2, 0) is 0 Å². The molecule has 1 rings (SSSR count). The van der Waals surface area contributed by atoms with Crippen molar-refractivity contribution in [3.8, 4) is 0 Å². The zero-order valence-electron chi connectivity index (χ0n) is 8.34. The van der Waals surface area contributed by atoms with Crippen LogP contribution in [0.25, 0.3) is 0 Å². The third-order valence-electron chi connectivity index (χ3n) is 2.19. The van der Waals surface area contributed by atoms with E-state index in [9.17, 15) is 0 Å². The summed E-state index contributed by atoms with van der Waals surface area (Å²) in [6, 6.07) is 2.01. The van der Waals surface area contributed by atoms with Crippen molar-refractivity contribution in [2.45, 2.75) is 32.7 Å². The van der Waals surface area contributed by atoms with Gasteiger partial charge >= 0.3 is 0 Å². The Balaban J connectivity index is 2.58. The van der Waals surface area contributed by atoms with E-state index >= 15 is 0 Å². The van der Waals surface area contributed by atoms with Gasteiger partial charge in [0.25, 0.3) is 0 Å². The molecule has 1 aromatic rings. The molecule has 2 heteroatoms. The van der Waals surface area contributed by atoms with Crippen molar-refractivity contribution in [1.29, 1.82) is 0 Å². The Labute approximate surface area is 79.4 Å². The van der Waals surface area contributed by atoms with Gasteiger partial charge in [0.05, 0.1) is 6.26 Å². The molecule has 0 aliphatic heterocycles. The van der Waals surface area contributed by atoms with Gasteiger partial charge in [-0.2, -0.15) is 0 Å². The summed E-state index contributed by atoms with van der Waals surface area (Å²) in [5.41, 5.74) is 8.21. The van der Waals surface area contributed by atoms with E-state index in [0.717, 1.165) is 24.2 Å². The van der Waals surface area contributed by atoms with Crippen LogP contribution in [-0.4, -0.2) is 0 Å². The summed E-state index contributed by atoms with van der Waals surface area (Å²) in [5, 5.41) is 0. The van der Waals surface area contributed by atoms with Gasteiger partial charge in [-0.15, -0.1) is 0 Å². The lowest BCUT2D eigenvalue weighted by molar-refractivity contribution is 0.528. The SMILES string of the molecule is C=C(CC)CC(N)c1coc(C)c1. The third kappa shape index (κ3) is 2.74. The molecule has 13 heavy (non-hydrogen) atoms. The van der Waals surface area contributed by atoms with Crippen LogP contribution in [0.5, 0.6) is 0 Å². The van der Waals surface area contributed by atoms with Gasteiger partial charge in [0.2, 0.25) is 0 Å². The van der Waals surface area contributed by atoms with Crippen LogP contribution >= 0.6 is 0 Å². The van der Waals surface area contributed by atoms with Crippen LogP contribution in [0, 0.1) is 6.92 Å². The van der Waals surface area contributed by atoms with E-state index in [0.29, 0.717) is 0 Å². The van der Waals surface area contributed by atoms with Crippen LogP contribution in [0.2, 0.25) is 0 Å². The first-order chi connectivity index (χ1) is 6.13. The van der Waals surface area contributed by atoms with Crippen LogP contribution < -0.4 is 5.73 Å². The van der Waals surface area contributed by atoms with Crippen molar-refractivity contribution < 1.29 is 4.42 Å². The highest BCUT2D eigenvalue weighted by Crippen LogP contribution is 2.20. The fourth-order valence-electron chi connectivity index (χ4n) is 1.23. The van der Waals surface area contributed by atoms with Gasteiger partial charge in [-0.05, 0) is 25.8 Å². The van der Waals surface area contributed by atoms with Gasteiger partial charge in [-0.25, -0.2) is 0 Å². The molecular weight excluding hydrogens is 162 g/mol. The van der Waals surface area contributed by atoms with Crippen LogP contribution in [0.3, 0.4) is 0 Å². The minimum atomic E-state index is 0.0323. The molecule has 0 aliphatic carbocycles. The summed E-state index contributed by atoms with van der Waals surface area (Å²) in [7, 11) is 0. The Morgan fingerprint density at radius 1 is 1.69 bits per heavy atom. The van der Waals surface area contributed by atoms with Crippen LogP contribution in [0.15, 0.2) is 28.9 Å². The third-order valence-corrected chi connectivity index (χ3v) is 2.19. The first kappa shape index (κ1) is 10.1. The fraction of sp³-hybridized carbons (Fsp3) is 0.455.